The zero-order valence-corrected chi connectivity index (χ0v) is 11.4. The van der Waals surface area contributed by atoms with Gasteiger partial charge >= 0.3 is 0 Å². The molecule has 1 aromatic rings. The lowest BCUT2D eigenvalue weighted by Crippen LogP contribution is -2.22. The highest BCUT2D eigenvalue weighted by molar-refractivity contribution is 7.91. The van der Waals surface area contributed by atoms with Crippen molar-refractivity contribution in [3.63, 3.8) is 0 Å². The molecule has 0 saturated heterocycles. The fraction of sp³-hybridized carbons (Fsp3) is 0.455. The average Bonchev–Trinajstić information content (AvgIpc) is 2.22. The number of halogens is 1. The molecule has 6 heteroatoms. The Labute approximate surface area is 107 Å². The molecule has 96 valence electrons. The lowest BCUT2D eigenvalue weighted by atomic mass is 10.3. The first-order valence-electron chi connectivity index (χ1n) is 5.22. The van der Waals surface area contributed by atoms with Gasteiger partial charge in [0.1, 0.15) is 12.4 Å². The van der Waals surface area contributed by atoms with E-state index in [0.29, 0.717) is 16.5 Å². The second-order valence-electron chi connectivity index (χ2n) is 3.95. The lowest BCUT2D eigenvalue weighted by Gasteiger charge is -2.11. The van der Waals surface area contributed by atoms with Crippen molar-refractivity contribution in [3.05, 3.63) is 23.2 Å². The van der Waals surface area contributed by atoms with E-state index in [1.807, 2.05) is 0 Å². The fourth-order valence-electron chi connectivity index (χ4n) is 1.14. The zero-order valence-electron chi connectivity index (χ0n) is 9.81. The molecule has 0 bridgehead atoms. The summed E-state index contributed by atoms with van der Waals surface area (Å²) >= 11 is 5.78. The lowest BCUT2D eigenvalue weighted by molar-refractivity contribution is 0.342. The van der Waals surface area contributed by atoms with Gasteiger partial charge in [-0.25, -0.2) is 8.42 Å². The van der Waals surface area contributed by atoms with Gasteiger partial charge < -0.3 is 10.5 Å². The molecule has 0 unspecified atom stereocenters. The molecule has 0 aliphatic carbocycles. The Morgan fingerprint density at radius 2 is 2.06 bits per heavy atom. The van der Waals surface area contributed by atoms with E-state index < -0.39 is 15.1 Å². The molecule has 0 fully saturated rings. The molecule has 0 aromatic heterocycles. The molecule has 0 amide bonds. The Bertz CT molecular complexity index is 485. The van der Waals surface area contributed by atoms with Crippen molar-refractivity contribution < 1.29 is 13.2 Å². The number of benzene rings is 1. The summed E-state index contributed by atoms with van der Waals surface area (Å²) in [6.45, 7) is 3.36. The molecule has 0 atom stereocenters. The third-order valence-corrected chi connectivity index (χ3v) is 4.73. The minimum atomic E-state index is -3.09. The molecule has 0 aliphatic rings. The molecule has 0 spiro atoms. The van der Waals surface area contributed by atoms with Crippen LogP contribution in [0, 0.1) is 0 Å². The topological polar surface area (TPSA) is 69.4 Å². The molecule has 4 nitrogen and oxygen atoms in total. The number of nitrogens with two attached hydrogens (primary N) is 1. The maximum Gasteiger partial charge on any atom is 0.155 e. The molecular formula is C11H16ClNO3S. The van der Waals surface area contributed by atoms with Crippen LogP contribution in [0.1, 0.15) is 13.8 Å². The SMILES string of the molecule is CC(C)S(=O)(=O)CCOc1cc(Cl)ccc1N. The van der Waals surface area contributed by atoms with E-state index >= 15 is 0 Å². The van der Waals surface area contributed by atoms with E-state index in [4.69, 9.17) is 22.1 Å². The van der Waals surface area contributed by atoms with Crippen molar-refractivity contribution in [2.45, 2.75) is 19.1 Å². The first kappa shape index (κ1) is 14.1. The van der Waals surface area contributed by atoms with E-state index in [1.54, 1.807) is 32.0 Å². The molecule has 17 heavy (non-hydrogen) atoms. The summed E-state index contributed by atoms with van der Waals surface area (Å²) in [7, 11) is -3.09. The van der Waals surface area contributed by atoms with Gasteiger partial charge in [0.2, 0.25) is 0 Å². The average molecular weight is 278 g/mol. The summed E-state index contributed by atoms with van der Waals surface area (Å²) < 4.78 is 28.4. The third-order valence-electron chi connectivity index (χ3n) is 2.32. The number of sulfone groups is 1. The van der Waals surface area contributed by atoms with Gasteiger partial charge in [0.05, 0.1) is 16.7 Å². The van der Waals surface area contributed by atoms with Crippen LogP contribution in [0.2, 0.25) is 5.02 Å². The van der Waals surface area contributed by atoms with Crippen molar-refractivity contribution >= 4 is 27.1 Å². The van der Waals surface area contributed by atoms with Gasteiger partial charge in [-0.2, -0.15) is 0 Å². The Morgan fingerprint density at radius 1 is 1.41 bits per heavy atom. The van der Waals surface area contributed by atoms with Gasteiger partial charge in [0, 0.05) is 11.1 Å². The molecule has 0 radical (unpaired) electrons. The van der Waals surface area contributed by atoms with Crippen molar-refractivity contribution in [1.82, 2.24) is 0 Å². The first-order chi connectivity index (χ1) is 7.83. The van der Waals surface area contributed by atoms with Crippen molar-refractivity contribution in [2.24, 2.45) is 0 Å². The number of rotatable bonds is 5. The number of nitrogen functional groups attached to an aromatic ring is 1. The predicted molar refractivity (Wildman–Crippen MR) is 70.3 cm³/mol. The van der Waals surface area contributed by atoms with E-state index in [9.17, 15) is 8.42 Å². The number of anilines is 1. The maximum atomic E-state index is 11.5. The van der Waals surface area contributed by atoms with Crippen molar-refractivity contribution in [2.75, 3.05) is 18.1 Å². The Hall–Kier alpha value is -0.940. The standard InChI is InChI=1S/C11H16ClNO3S/c1-8(2)17(14,15)6-5-16-11-7-9(12)3-4-10(11)13/h3-4,7-8H,5-6,13H2,1-2H3. The van der Waals surface area contributed by atoms with Gasteiger partial charge in [-0.05, 0) is 26.0 Å². The minimum Gasteiger partial charge on any atom is -0.490 e. The summed E-state index contributed by atoms with van der Waals surface area (Å²) in [5.74, 6) is 0.382. The van der Waals surface area contributed by atoms with E-state index in [2.05, 4.69) is 0 Å². The van der Waals surface area contributed by atoms with Crippen LogP contribution in [-0.2, 0) is 9.84 Å². The van der Waals surface area contributed by atoms with Crippen LogP contribution >= 0.6 is 11.6 Å². The molecular weight excluding hydrogens is 262 g/mol. The molecule has 1 aromatic carbocycles. The zero-order chi connectivity index (χ0) is 13.1. The highest BCUT2D eigenvalue weighted by atomic mass is 35.5. The van der Waals surface area contributed by atoms with Crippen LogP contribution in [0.5, 0.6) is 5.75 Å². The number of hydrogen-bond donors (Lipinski definition) is 1. The summed E-state index contributed by atoms with van der Waals surface area (Å²) in [4.78, 5) is 0. The third kappa shape index (κ3) is 4.09. The second-order valence-corrected chi connectivity index (χ2v) is 7.06. The molecule has 2 N–H and O–H groups in total. The highest BCUT2D eigenvalue weighted by Crippen LogP contribution is 2.25. The Kier molecular flexibility index (Phi) is 4.65. The van der Waals surface area contributed by atoms with Gasteiger partial charge in [-0.3, -0.25) is 0 Å². The maximum absolute atomic E-state index is 11.5. The van der Waals surface area contributed by atoms with Crippen molar-refractivity contribution in [3.8, 4) is 5.75 Å². The second kappa shape index (κ2) is 5.60. The number of ether oxygens (including phenoxy) is 1. The summed E-state index contributed by atoms with van der Waals surface area (Å²) in [5, 5.41) is 0.101. The minimum absolute atomic E-state index is 0.0311. The molecule has 0 aliphatic heterocycles. The smallest absolute Gasteiger partial charge is 0.155 e. The monoisotopic (exact) mass is 277 g/mol. The first-order valence-corrected chi connectivity index (χ1v) is 7.31. The quantitative estimate of drug-likeness (QED) is 0.837. The van der Waals surface area contributed by atoms with Crippen LogP contribution in [0.3, 0.4) is 0 Å². The van der Waals surface area contributed by atoms with Gasteiger partial charge in [-0.15, -0.1) is 0 Å². The highest BCUT2D eigenvalue weighted by Gasteiger charge is 2.16. The van der Waals surface area contributed by atoms with Gasteiger partial charge in [0.15, 0.2) is 9.84 Å². The van der Waals surface area contributed by atoms with E-state index in [0.717, 1.165) is 0 Å². The van der Waals surface area contributed by atoms with Crippen LogP contribution in [-0.4, -0.2) is 26.0 Å². The normalized spacial score (nSPS) is 11.8. The summed E-state index contributed by atoms with van der Waals surface area (Å²) in [6, 6.07) is 4.84. The van der Waals surface area contributed by atoms with E-state index in [-0.39, 0.29) is 12.4 Å². The Morgan fingerprint density at radius 3 is 2.65 bits per heavy atom. The van der Waals surface area contributed by atoms with Gasteiger partial charge in [-0.1, -0.05) is 11.6 Å². The molecule has 0 saturated carbocycles. The van der Waals surface area contributed by atoms with Crippen molar-refractivity contribution in [1.29, 1.82) is 0 Å². The van der Waals surface area contributed by atoms with Crippen LogP contribution in [0.4, 0.5) is 5.69 Å². The van der Waals surface area contributed by atoms with Crippen LogP contribution in [0.15, 0.2) is 18.2 Å². The summed E-state index contributed by atoms with van der Waals surface area (Å²) in [5.41, 5.74) is 6.11. The molecule has 1 rings (SSSR count). The predicted octanol–water partition coefficient (Wildman–Crippen LogP) is 2.12. The van der Waals surface area contributed by atoms with Crippen LogP contribution < -0.4 is 10.5 Å². The largest absolute Gasteiger partial charge is 0.490 e. The summed E-state index contributed by atoms with van der Waals surface area (Å²) in [6.07, 6.45) is 0. The molecule has 0 heterocycles. The Balaban J connectivity index is 2.60. The number of hydrogen-bond acceptors (Lipinski definition) is 4. The van der Waals surface area contributed by atoms with E-state index in [1.165, 1.54) is 0 Å². The fourth-order valence-corrected chi connectivity index (χ4v) is 2.09. The van der Waals surface area contributed by atoms with Gasteiger partial charge in [0.25, 0.3) is 0 Å². The van der Waals surface area contributed by atoms with Crippen LogP contribution in [0.25, 0.3) is 0 Å².